The molecule has 1 unspecified atom stereocenters. The standard InChI is InChI=1S/C14H21NO3/c1-11(10-17-2)15-14(16)8-7-12-5-4-6-13(9-12)18-3/h4-6,9,11H,7-8,10H2,1-3H3,(H,15,16). The van der Waals surface area contributed by atoms with E-state index in [-0.39, 0.29) is 11.9 Å². The second-order valence-electron chi connectivity index (χ2n) is 4.28. The van der Waals surface area contributed by atoms with E-state index < -0.39 is 0 Å². The Balaban J connectivity index is 2.37. The molecule has 0 bridgehead atoms. The van der Waals surface area contributed by atoms with E-state index >= 15 is 0 Å². The van der Waals surface area contributed by atoms with Gasteiger partial charge in [-0.3, -0.25) is 4.79 Å². The first kappa shape index (κ1) is 14.5. The number of carbonyl (C=O) groups excluding carboxylic acids is 1. The first-order valence-electron chi connectivity index (χ1n) is 6.07. The van der Waals surface area contributed by atoms with Crippen LogP contribution in [0, 0.1) is 0 Å². The monoisotopic (exact) mass is 251 g/mol. The van der Waals surface area contributed by atoms with Gasteiger partial charge in [0, 0.05) is 19.6 Å². The average molecular weight is 251 g/mol. The fraction of sp³-hybridized carbons (Fsp3) is 0.500. The zero-order valence-electron chi connectivity index (χ0n) is 11.2. The zero-order valence-corrected chi connectivity index (χ0v) is 11.2. The summed E-state index contributed by atoms with van der Waals surface area (Å²) in [5.41, 5.74) is 1.10. The summed E-state index contributed by atoms with van der Waals surface area (Å²) in [7, 11) is 3.26. The summed E-state index contributed by atoms with van der Waals surface area (Å²) in [4.78, 5) is 11.7. The van der Waals surface area contributed by atoms with Crippen LogP contribution in [0.25, 0.3) is 0 Å². The van der Waals surface area contributed by atoms with Crippen molar-refractivity contribution < 1.29 is 14.3 Å². The number of ether oxygens (including phenoxy) is 2. The molecule has 0 aliphatic carbocycles. The van der Waals surface area contributed by atoms with Crippen molar-refractivity contribution in [3.63, 3.8) is 0 Å². The summed E-state index contributed by atoms with van der Waals surface area (Å²) < 4.78 is 10.1. The zero-order chi connectivity index (χ0) is 13.4. The predicted molar refractivity (Wildman–Crippen MR) is 70.8 cm³/mol. The van der Waals surface area contributed by atoms with Crippen LogP contribution in [-0.4, -0.2) is 32.8 Å². The summed E-state index contributed by atoms with van der Waals surface area (Å²) in [6.45, 7) is 2.46. The van der Waals surface area contributed by atoms with E-state index in [4.69, 9.17) is 9.47 Å². The Labute approximate surface area is 108 Å². The Morgan fingerprint density at radius 2 is 2.17 bits per heavy atom. The number of amides is 1. The largest absolute Gasteiger partial charge is 0.497 e. The summed E-state index contributed by atoms with van der Waals surface area (Å²) in [6, 6.07) is 7.82. The van der Waals surface area contributed by atoms with E-state index in [9.17, 15) is 4.79 Å². The van der Waals surface area contributed by atoms with E-state index in [0.29, 0.717) is 19.4 Å². The van der Waals surface area contributed by atoms with E-state index in [1.165, 1.54) is 0 Å². The highest BCUT2D eigenvalue weighted by Gasteiger charge is 2.07. The minimum atomic E-state index is 0.0439. The predicted octanol–water partition coefficient (Wildman–Crippen LogP) is 1.78. The van der Waals surface area contributed by atoms with Crippen molar-refractivity contribution in [2.75, 3.05) is 20.8 Å². The maximum atomic E-state index is 11.7. The molecule has 0 saturated heterocycles. The summed E-state index contributed by atoms with van der Waals surface area (Å²) in [5.74, 6) is 0.864. The number of rotatable bonds is 7. The quantitative estimate of drug-likeness (QED) is 0.803. The molecule has 0 radical (unpaired) electrons. The Morgan fingerprint density at radius 1 is 1.39 bits per heavy atom. The Bertz CT molecular complexity index is 379. The lowest BCUT2D eigenvalue weighted by atomic mass is 10.1. The van der Waals surface area contributed by atoms with Crippen LogP contribution in [0.5, 0.6) is 5.75 Å². The molecular weight excluding hydrogens is 230 g/mol. The third kappa shape index (κ3) is 5.19. The van der Waals surface area contributed by atoms with Crippen molar-refractivity contribution >= 4 is 5.91 Å². The minimum Gasteiger partial charge on any atom is -0.497 e. The van der Waals surface area contributed by atoms with Gasteiger partial charge in [-0.2, -0.15) is 0 Å². The van der Waals surface area contributed by atoms with E-state index in [2.05, 4.69) is 5.32 Å². The lowest BCUT2D eigenvalue weighted by molar-refractivity contribution is -0.122. The van der Waals surface area contributed by atoms with Gasteiger partial charge in [0.15, 0.2) is 0 Å². The number of hydrogen-bond acceptors (Lipinski definition) is 3. The van der Waals surface area contributed by atoms with Gasteiger partial charge in [0.25, 0.3) is 0 Å². The van der Waals surface area contributed by atoms with Gasteiger partial charge >= 0.3 is 0 Å². The van der Waals surface area contributed by atoms with Gasteiger partial charge in [0.1, 0.15) is 5.75 Å². The number of benzene rings is 1. The summed E-state index contributed by atoms with van der Waals surface area (Å²) >= 11 is 0. The molecule has 0 aliphatic rings. The molecule has 0 saturated carbocycles. The third-order valence-corrected chi connectivity index (χ3v) is 2.60. The van der Waals surface area contributed by atoms with Gasteiger partial charge in [-0.1, -0.05) is 12.1 Å². The van der Waals surface area contributed by atoms with E-state index in [1.807, 2.05) is 31.2 Å². The Morgan fingerprint density at radius 3 is 2.83 bits per heavy atom. The number of methoxy groups -OCH3 is 2. The van der Waals surface area contributed by atoms with Crippen molar-refractivity contribution in [3.8, 4) is 5.75 Å². The van der Waals surface area contributed by atoms with Crippen LogP contribution in [-0.2, 0) is 16.0 Å². The van der Waals surface area contributed by atoms with Gasteiger partial charge in [-0.25, -0.2) is 0 Å². The maximum absolute atomic E-state index is 11.7. The van der Waals surface area contributed by atoms with Crippen molar-refractivity contribution in [2.24, 2.45) is 0 Å². The van der Waals surface area contributed by atoms with Crippen molar-refractivity contribution in [1.82, 2.24) is 5.32 Å². The highest BCUT2D eigenvalue weighted by atomic mass is 16.5. The molecule has 1 rings (SSSR count). The average Bonchev–Trinajstić information content (AvgIpc) is 2.37. The third-order valence-electron chi connectivity index (χ3n) is 2.60. The van der Waals surface area contributed by atoms with Crippen molar-refractivity contribution in [3.05, 3.63) is 29.8 Å². The lowest BCUT2D eigenvalue weighted by Gasteiger charge is -2.12. The second kappa shape index (κ2) is 7.71. The van der Waals surface area contributed by atoms with Gasteiger partial charge in [0.05, 0.1) is 13.7 Å². The lowest BCUT2D eigenvalue weighted by Crippen LogP contribution is -2.35. The molecule has 0 aliphatic heterocycles. The molecule has 100 valence electrons. The summed E-state index contributed by atoms with van der Waals surface area (Å²) in [5, 5.41) is 2.88. The van der Waals surface area contributed by atoms with Crippen LogP contribution < -0.4 is 10.1 Å². The van der Waals surface area contributed by atoms with Crippen LogP contribution in [0.1, 0.15) is 18.9 Å². The SMILES string of the molecule is COCC(C)NC(=O)CCc1cccc(OC)c1. The summed E-state index contributed by atoms with van der Waals surface area (Å²) in [6.07, 6.45) is 1.18. The molecule has 1 N–H and O–H groups in total. The van der Waals surface area contributed by atoms with E-state index in [0.717, 1.165) is 11.3 Å². The number of hydrogen-bond donors (Lipinski definition) is 1. The Kier molecular flexibility index (Phi) is 6.22. The van der Waals surface area contributed by atoms with Crippen LogP contribution in [0.4, 0.5) is 0 Å². The molecule has 1 aromatic rings. The molecule has 1 atom stereocenters. The molecule has 1 amide bonds. The van der Waals surface area contributed by atoms with Crippen LogP contribution >= 0.6 is 0 Å². The van der Waals surface area contributed by atoms with E-state index in [1.54, 1.807) is 14.2 Å². The molecule has 1 aromatic carbocycles. The van der Waals surface area contributed by atoms with Crippen LogP contribution in [0.2, 0.25) is 0 Å². The normalized spacial score (nSPS) is 11.9. The molecule has 0 heterocycles. The minimum absolute atomic E-state index is 0.0439. The molecular formula is C14H21NO3. The fourth-order valence-electron chi connectivity index (χ4n) is 1.72. The molecule has 0 aromatic heterocycles. The highest BCUT2D eigenvalue weighted by molar-refractivity contribution is 5.76. The Hall–Kier alpha value is -1.55. The van der Waals surface area contributed by atoms with Gasteiger partial charge in [0.2, 0.25) is 5.91 Å². The highest BCUT2D eigenvalue weighted by Crippen LogP contribution is 2.13. The van der Waals surface area contributed by atoms with Gasteiger partial charge in [-0.05, 0) is 31.0 Å². The maximum Gasteiger partial charge on any atom is 0.220 e. The first-order valence-corrected chi connectivity index (χ1v) is 6.07. The number of nitrogens with one attached hydrogen (secondary N) is 1. The smallest absolute Gasteiger partial charge is 0.220 e. The van der Waals surface area contributed by atoms with Crippen LogP contribution in [0.3, 0.4) is 0 Å². The molecule has 0 fully saturated rings. The molecule has 4 nitrogen and oxygen atoms in total. The molecule has 0 spiro atoms. The van der Waals surface area contributed by atoms with Gasteiger partial charge < -0.3 is 14.8 Å². The topological polar surface area (TPSA) is 47.6 Å². The number of aryl methyl sites for hydroxylation is 1. The van der Waals surface area contributed by atoms with Gasteiger partial charge in [-0.15, -0.1) is 0 Å². The van der Waals surface area contributed by atoms with Crippen molar-refractivity contribution in [2.45, 2.75) is 25.8 Å². The van der Waals surface area contributed by atoms with Crippen LogP contribution in [0.15, 0.2) is 24.3 Å². The molecule has 4 heteroatoms. The second-order valence-corrected chi connectivity index (χ2v) is 4.28. The fourth-order valence-corrected chi connectivity index (χ4v) is 1.72. The molecule has 18 heavy (non-hydrogen) atoms. The van der Waals surface area contributed by atoms with Crippen molar-refractivity contribution in [1.29, 1.82) is 0 Å². The number of carbonyl (C=O) groups is 1. The first-order chi connectivity index (χ1) is 8.65.